The molecular weight excluding hydrogens is 282 g/mol. The molecule has 0 aliphatic heterocycles. The SMILES string of the molecule is N#Cc1ccc(C(Br)CBr)cc1. The zero-order valence-electron chi connectivity index (χ0n) is 6.30. The molecule has 0 aromatic heterocycles. The van der Waals surface area contributed by atoms with E-state index in [1.54, 1.807) is 0 Å². The summed E-state index contributed by atoms with van der Waals surface area (Å²) in [6.45, 7) is 0. The first kappa shape index (κ1) is 9.76. The van der Waals surface area contributed by atoms with Crippen molar-refractivity contribution in [1.82, 2.24) is 0 Å². The lowest BCUT2D eigenvalue weighted by atomic mass is 10.1. The molecule has 0 saturated carbocycles. The number of nitrogens with zero attached hydrogens (tertiary/aromatic N) is 1. The highest BCUT2D eigenvalue weighted by atomic mass is 79.9. The first-order chi connectivity index (χ1) is 5.77. The van der Waals surface area contributed by atoms with E-state index in [4.69, 9.17) is 5.26 Å². The lowest BCUT2D eigenvalue weighted by Gasteiger charge is -2.04. The van der Waals surface area contributed by atoms with Gasteiger partial charge in [-0.05, 0) is 17.7 Å². The molecule has 1 aromatic rings. The third kappa shape index (κ3) is 2.33. The number of rotatable bonds is 2. The second kappa shape index (κ2) is 4.64. The van der Waals surface area contributed by atoms with Gasteiger partial charge in [0.25, 0.3) is 0 Å². The minimum Gasteiger partial charge on any atom is -0.192 e. The van der Waals surface area contributed by atoms with Crippen LogP contribution >= 0.6 is 31.9 Å². The predicted molar refractivity (Wildman–Crippen MR) is 56.6 cm³/mol. The topological polar surface area (TPSA) is 23.8 Å². The van der Waals surface area contributed by atoms with E-state index < -0.39 is 0 Å². The molecule has 0 N–H and O–H groups in total. The number of nitriles is 1. The minimum atomic E-state index is 0.324. The highest BCUT2D eigenvalue weighted by Gasteiger charge is 2.03. The van der Waals surface area contributed by atoms with Crippen molar-refractivity contribution >= 4 is 31.9 Å². The lowest BCUT2D eigenvalue weighted by molar-refractivity contribution is 1.15. The molecule has 0 aliphatic carbocycles. The van der Waals surface area contributed by atoms with E-state index in [-0.39, 0.29) is 0 Å². The fourth-order valence-corrected chi connectivity index (χ4v) is 1.53. The maximum Gasteiger partial charge on any atom is 0.0991 e. The van der Waals surface area contributed by atoms with Crippen molar-refractivity contribution in [2.45, 2.75) is 4.83 Å². The number of hydrogen-bond donors (Lipinski definition) is 0. The Labute approximate surface area is 88.7 Å². The van der Waals surface area contributed by atoms with E-state index in [1.807, 2.05) is 24.3 Å². The molecule has 1 nitrogen and oxygen atoms in total. The summed E-state index contributed by atoms with van der Waals surface area (Å²) >= 11 is 6.88. The molecule has 0 aliphatic rings. The van der Waals surface area contributed by atoms with Crippen LogP contribution in [-0.2, 0) is 0 Å². The monoisotopic (exact) mass is 287 g/mol. The Balaban J connectivity index is 2.86. The van der Waals surface area contributed by atoms with Crippen molar-refractivity contribution in [1.29, 1.82) is 5.26 Å². The number of alkyl halides is 2. The van der Waals surface area contributed by atoms with Gasteiger partial charge in [-0.3, -0.25) is 0 Å². The van der Waals surface area contributed by atoms with Crippen molar-refractivity contribution in [3.8, 4) is 6.07 Å². The summed E-state index contributed by atoms with van der Waals surface area (Å²) in [5.74, 6) is 0. The Hall–Kier alpha value is -0.330. The molecule has 62 valence electrons. The van der Waals surface area contributed by atoms with Crippen molar-refractivity contribution in [3.63, 3.8) is 0 Å². The molecular formula is C9H7Br2N. The zero-order chi connectivity index (χ0) is 8.97. The van der Waals surface area contributed by atoms with Crippen molar-refractivity contribution < 1.29 is 0 Å². The summed E-state index contributed by atoms with van der Waals surface area (Å²) in [6.07, 6.45) is 0. The zero-order valence-corrected chi connectivity index (χ0v) is 9.47. The van der Waals surface area contributed by atoms with Gasteiger partial charge in [0, 0.05) is 10.2 Å². The molecule has 0 saturated heterocycles. The first-order valence-electron chi connectivity index (χ1n) is 3.48. The van der Waals surface area contributed by atoms with Crippen LogP contribution in [0.1, 0.15) is 16.0 Å². The maximum atomic E-state index is 8.55. The molecule has 0 fully saturated rings. The molecule has 1 unspecified atom stereocenters. The molecule has 0 spiro atoms. The van der Waals surface area contributed by atoms with Crippen molar-refractivity contribution in [3.05, 3.63) is 35.4 Å². The Morgan fingerprint density at radius 1 is 1.33 bits per heavy atom. The quantitative estimate of drug-likeness (QED) is 0.766. The van der Waals surface area contributed by atoms with Crippen molar-refractivity contribution in [2.75, 3.05) is 5.33 Å². The van der Waals surface area contributed by atoms with E-state index in [9.17, 15) is 0 Å². The van der Waals surface area contributed by atoms with Gasteiger partial charge >= 0.3 is 0 Å². The van der Waals surface area contributed by atoms with Crippen LogP contribution in [0.3, 0.4) is 0 Å². The number of halogens is 2. The molecule has 0 heterocycles. The van der Waals surface area contributed by atoms with E-state index in [2.05, 4.69) is 37.9 Å². The van der Waals surface area contributed by atoms with Gasteiger partial charge in [0.2, 0.25) is 0 Å². The summed E-state index contributed by atoms with van der Waals surface area (Å²) in [6, 6.07) is 9.65. The molecule has 1 atom stereocenters. The van der Waals surface area contributed by atoms with E-state index in [1.165, 1.54) is 5.56 Å². The van der Waals surface area contributed by atoms with Crippen LogP contribution in [0.4, 0.5) is 0 Å². The smallest absolute Gasteiger partial charge is 0.0991 e. The summed E-state index contributed by atoms with van der Waals surface area (Å²) in [7, 11) is 0. The van der Waals surface area contributed by atoms with Crippen LogP contribution < -0.4 is 0 Å². The summed E-state index contributed by atoms with van der Waals surface area (Å²) in [4.78, 5) is 0.324. The van der Waals surface area contributed by atoms with Gasteiger partial charge in [-0.2, -0.15) is 5.26 Å². The van der Waals surface area contributed by atoms with Gasteiger partial charge in [0.15, 0.2) is 0 Å². The third-order valence-electron chi connectivity index (χ3n) is 1.54. The minimum absolute atomic E-state index is 0.324. The van der Waals surface area contributed by atoms with Crippen LogP contribution in [0, 0.1) is 11.3 Å². The number of benzene rings is 1. The van der Waals surface area contributed by atoms with E-state index in [0.29, 0.717) is 10.4 Å². The van der Waals surface area contributed by atoms with Gasteiger partial charge in [-0.15, -0.1) is 0 Å². The standard InChI is InChI=1S/C9H7Br2N/c10-5-9(11)8-3-1-7(6-12)2-4-8/h1-4,9H,5H2. The Kier molecular flexibility index (Phi) is 3.77. The Bertz CT molecular complexity index is 286. The molecule has 1 rings (SSSR count). The summed E-state index contributed by atoms with van der Waals surface area (Å²) in [5, 5.41) is 9.43. The van der Waals surface area contributed by atoms with Gasteiger partial charge in [-0.25, -0.2) is 0 Å². The van der Waals surface area contributed by atoms with Gasteiger partial charge in [-0.1, -0.05) is 44.0 Å². The summed E-state index contributed by atoms with van der Waals surface area (Å²) in [5.41, 5.74) is 1.89. The Morgan fingerprint density at radius 3 is 2.33 bits per heavy atom. The Morgan fingerprint density at radius 2 is 1.92 bits per heavy atom. The van der Waals surface area contributed by atoms with Crippen LogP contribution in [0.15, 0.2) is 24.3 Å². The second-order valence-corrected chi connectivity index (χ2v) is 4.11. The van der Waals surface area contributed by atoms with E-state index in [0.717, 1.165) is 5.33 Å². The molecule has 0 bridgehead atoms. The molecule has 1 aromatic carbocycles. The van der Waals surface area contributed by atoms with Gasteiger partial charge < -0.3 is 0 Å². The average Bonchev–Trinajstić information content (AvgIpc) is 2.17. The predicted octanol–water partition coefficient (Wildman–Crippen LogP) is 3.39. The largest absolute Gasteiger partial charge is 0.192 e. The van der Waals surface area contributed by atoms with Crippen LogP contribution in [0.25, 0.3) is 0 Å². The lowest BCUT2D eigenvalue weighted by Crippen LogP contribution is -1.89. The third-order valence-corrected chi connectivity index (χ3v) is 3.91. The van der Waals surface area contributed by atoms with Crippen molar-refractivity contribution in [2.24, 2.45) is 0 Å². The first-order valence-corrected chi connectivity index (χ1v) is 5.51. The average molecular weight is 289 g/mol. The normalized spacial score (nSPS) is 12.1. The van der Waals surface area contributed by atoms with Crippen LogP contribution in [-0.4, -0.2) is 5.33 Å². The summed E-state index contributed by atoms with van der Waals surface area (Å²) < 4.78 is 0. The fourth-order valence-electron chi connectivity index (χ4n) is 0.856. The van der Waals surface area contributed by atoms with Crippen LogP contribution in [0.2, 0.25) is 0 Å². The maximum absolute atomic E-state index is 8.55. The molecule has 3 heteroatoms. The fraction of sp³-hybridized carbons (Fsp3) is 0.222. The molecule has 12 heavy (non-hydrogen) atoms. The van der Waals surface area contributed by atoms with Crippen LogP contribution in [0.5, 0.6) is 0 Å². The molecule has 0 amide bonds. The second-order valence-electron chi connectivity index (χ2n) is 2.36. The van der Waals surface area contributed by atoms with Gasteiger partial charge in [0.1, 0.15) is 0 Å². The number of hydrogen-bond acceptors (Lipinski definition) is 1. The van der Waals surface area contributed by atoms with E-state index >= 15 is 0 Å². The molecule has 0 radical (unpaired) electrons. The van der Waals surface area contributed by atoms with Gasteiger partial charge in [0.05, 0.1) is 11.6 Å². The highest BCUT2D eigenvalue weighted by molar-refractivity contribution is 9.12. The highest BCUT2D eigenvalue weighted by Crippen LogP contribution is 2.24.